The fraction of sp³-hybridized carbons (Fsp3) is 0.600. The zero-order valence-corrected chi connectivity index (χ0v) is 12.0. The molecule has 1 fully saturated rings. The molecule has 4 nitrogen and oxygen atoms in total. The van der Waals surface area contributed by atoms with Crippen LogP contribution in [-0.2, 0) is 4.74 Å². The molecule has 1 aromatic rings. The molecule has 19 heavy (non-hydrogen) atoms. The van der Waals surface area contributed by atoms with E-state index in [1.807, 2.05) is 0 Å². The van der Waals surface area contributed by atoms with Gasteiger partial charge in [0.2, 0.25) is 5.28 Å². The molecular formula is C10H9BrClF3N2O2. The molecule has 106 valence electrons. The summed E-state index contributed by atoms with van der Waals surface area (Å²) in [5, 5.41) is -0.160. The molecule has 2 atom stereocenters. The lowest BCUT2D eigenvalue weighted by atomic mass is 10.4. The maximum absolute atomic E-state index is 12.5. The van der Waals surface area contributed by atoms with Gasteiger partial charge in [-0.3, -0.25) is 0 Å². The molecule has 1 saturated carbocycles. The van der Waals surface area contributed by atoms with E-state index >= 15 is 0 Å². The quantitative estimate of drug-likeness (QED) is 0.773. The molecule has 0 bridgehead atoms. The van der Waals surface area contributed by atoms with Crippen LogP contribution in [0.25, 0.3) is 0 Å². The van der Waals surface area contributed by atoms with E-state index in [0.29, 0.717) is 0 Å². The number of rotatable bonds is 3. The highest BCUT2D eigenvalue weighted by Gasteiger charge is 2.57. The summed E-state index contributed by atoms with van der Waals surface area (Å²) in [5.74, 6) is -2.18. The van der Waals surface area contributed by atoms with Crippen LogP contribution in [0.4, 0.5) is 13.2 Å². The van der Waals surface area contributed by atoms with Gasteiger partial charge in [0.15, 0.2) is 5.69 Å². The van der Waals surface area contributed by atoms with E-state index in [4.69, 9.17) is 16.3 Å². The zero-order valence-electron chi connectivity index (χ0n) is 9.67. The average molecular weight is 362 g/mol. The lowest BCUT2D eigenvalue weighted by Gasteiger charge is -2.08. The summed E-state index contributed by atoms with van der Waals surface area (Å²) in [6.45, 7) is 1.76. The second-order valence-corrected chi connectivity index (χ2v) is 5.15. The molecule has 1 heterocycles. The zero-order chi connectivity index (χ0) is 14.4. The third kappa shape index (κ3) is 2.74. The molecule has 1 unspecified atom stereocenters. The van der Waals surface area contributed by atoms with Crippen molar-refractivity contribution in [2.45, 2.75) is 25.6 Å². The average Bonchev–Trinajstić information content (AvgIpc) is 3.01. The standard InChI is InChI=1S/C10H9BrClF3N2O2/c1-2-19-8(18)6-7(11)17(9(12)16-6)5-3-4(5)10(13,14)15/h4-5H,2-3H2,1H3/t4?,5-/m0/s1. The molecule has 2 rings (SSSR count). The summed E-state index contributed by atoms with van der Waals surface area (Å²) in [6, 6.07) is -0.822. The third-order valence-corrected chi connectivity index (χ3v) is 3.81. The van der Waals surface area contributed by atoms with E-state index in [2.05, 4.69) is 20.9 Å². The molecule has 1 aromatic heterocycles. The van der Waals surface area contributed by atoms with Crippen molar-refractivity contribution in [2.24, 2.45) is 5.92 Å². The molecule has 0 amide bonds. The van der Waals surface area contributed by atoms with E-state index < -0.39 is 24.1 Å². The summed E-state index contributed by atoms with van der Waals surface area (Å²) in [6.07, 6.45) is -4.34. The number of imidazole rings is 1. The summed E-state index contributed by atoms with van der Waals surface area (Å²) >= 11 is 8.85. The Morgan fingerprint density at radius 2 is 2.26 bits per heavy atom. The van der Waals surface area contributed by atoms with Crippen LogP contribution >= 0.6 is 27.5 Å². The number of halogens is 5. The fourth-order valence-electron chi connectivity index (χ4n) is 1.82. The Balaban J connectivity index is 2.27. The first kappa shape index (κ1) is 14.6. The predicted molar refractivity (Wildman–Crippen MR) is 64.1 cm³/mol. The van der Waals surface area contributed by atoms with Crippen LogP contribution < -0.4 is 0 Å². The molecule has 0 N–H and O–H groups in total. The predicted octanol–water partition coefficient (Wildman–Crippen LogP) is 3.60. The number of aromatic nitrogens is 2. The highest BCUT2D eigenvalue weighted by molar-refractivity contribution is 9.10. The van der Waals surface area contributed by atoms with Crippen molar-refractivity contribution in [3.8, 4) is 0 Å². The molecule has 0 aromatic carbocycles. The van der Waals surface area contributed by atoms with Crippen LogP contribution in [0, 0.1) is 5.92 Å². The van der Waals surface area contributed by atoms with Gasteiger partial charge in [0, 0.05) is 6.04 Å². The van der Waals surface area contributed by atoms with Crippen LogP contribution in [0.5, 0.6) is 0 Å². The van der Waals surface area contributed by atoms with Crippen LogP contribution in [0.15, 0.2) is 4.60 Å². The Labute approximate surface area is 120 Å². The second kappa shape index (κ2) is 4.97. The number of hydrogen-bond acceptors (Lipinski definition) is 3. The third-order valence-electron chi connectivity index (χ3n) is 2.79. The van der Waals surface area contributed by atoms with Gasteiger partial charge in [-0.1, -0.05) is 0 Å². The van der Waals surface area contributed by atoms with E-state index in [-0.39, 0.29) is 28.6 Å². The van der Waals surface area contributed by atoms with Gasteiger partial charge in [-0.25, -0.2) is 9.78 Å². The maximum atomic E-state index is 12.5. The summed E-state index contributed by atoms with van der Waals surface area (Å²) in [5.41, 5.74) is -0.111. The second-order valence-electron chi connectivity index (χ2n) is 4.06. The van der Waals surface area contributed by atoms with Crippen LogP contribution in [0.1, 0.15) is 29.9 Å². The molecule has 9 heteroatoms. The number of carbonyl (C=O) groups excluding carboxylic acids is 1. The fourth-order valence-corrected chi connectivity index (χ4v) is 2.90. The van der Waals surface area contributed by atoms with Crippen molar-refractivity contribution in [1.82, 2.24) is 9.55 Å². The first-order chi connectivity index (χ1) is 8.77. The molecule has 1 aliphatic rings. The van der Waals surface area contributed by atoms with E-state index in [1.54, 1.807) is 6.92 Å². The highest BCUT2D eigenvalue weighted by atomic mass is 79.9. The van der Waals surface area contributed by atoms with Gasteiger partial charge >= 0.3 is 12.1 Å². The Kier molecular flexibility index (Phi) is 3.83. The number of esters is 1. The van der Waals surface area contributed by atoms with Crippen molar-refractivity contribution in [3.05, 3.63) is 15.6 Å². The Morgan fingerprint density at radius 1 is 1.63 bits per heavy atom. The van der Waals surface area contributed by atoms with Gasteiger partial charge < -0.3 is 9.30 Å². The van der Waals surface area contributed by atoms with Gasteiger partial charge in [0.25, 0.3) is 0 Å². The Bertz CT molecular complexity index is 518. The largest absolute Gasteiger partial charge is 0.461 e. The van der Waals surface area contributed by atoms with Gasteiger partial charge in [0.1, 0.15) is 4.60 Å². The number of nitrogens with zero attached hydrogens (tertiary/aromatic N) is 2. The van der Waals surface area contributed by atoms with Crippen molar-refractivity contribution in [2.75, 3.05) is 6.61 Å². The van der Waals surface area contributed by atoms with Crippen LogP contribution in [0.2, 0.25) is 5.28 Å². The maximum Gasteiger partial charge on any atom is 0.393 e. The van der Waals surface area contributed by atoms with Gasteiger partial charge in [-0.05, 0) is 40.9 Å². The normalized spacial score (nSPS) is 22.4. The lowest BCUT2D eigenvalue weighted by Crippen LogP contribution is -2.13. The SMILES string of the molecule is CCOC(=O)c1nc(Cl)n([C@H]2CC2C(F)(F)F)c1Br. The molecule has 0 spiro atoms. The Hall–Kier alpha value is -0.760. The van der Waals surface area contributed by atoms with Crippen molar-refractivity contribution in [1.29, 1.82) is 0 Å². The minimum Gasteiger partial charge on any atom is -0.461 e. The number of hydrogen-bond donors (Lipinski definition) is 0. The van der Waals surface area contributed by atoms with Crippen LogP contribution in [0.3, 0.4) is 0 Å². The minimum atomic E-state index is -4.28. The molecule has 1 aliphatic carbocycles. The van der Waals surface area contributed by atoms with Crippen molar-refractivity contribution < 1.29 is 22.7 Å². The number of carbonyl (C=O) groups is 1. The minimum absolute atomic E-state index is 0.0690. The van der Waals surface area contributed by atoms with Gasteiger partial charge in [-0.2, -0.15) is 13.2 Å². The Morgan fingerprint density at radius 3 is 2.74 bits per heavy atom. The molecule has 0 aliphatic heterocycles. The summed E-state index contributed by atoms with van der Waals surface area (Å²) in [7, 11) is 0. The number of alkyl halides is 3. The smallest absolute Gasteiger partial charge is 0.393 e. The summed E-state index contributed by atoms with van der Waals surface area (Å²) < 4.78 is 43.7. The molecule has 0 saturated heterocycles. The topological polar surface area (TPSA) is 44.1 Å². The first-order valence-electron chi connectivity index (χ1n) is 5.44. The van der Waals surface area contributed by atoms with Crippen molar-refractivity contribution in [3.63, 3.8) is 0 Å². The van der Waals surface area contributed by atoms with E-state index in [0.717, 1.165) is 0 Å². The van der Waals surface area contributed by atoms with E-state index in [1.165, 1.54) is 4.57 Å². The van der Waals surface area contributed by atoms with Gasteiger partial charge in [-0.15, -0.1) is 0 Å². The monoisotopic (exact) mass is 360 g/mol. The molecule has 0 radical (unpaired) electrons. The lowest BCUT2D eigenvalue weighted by molar-refractivity contribution is -0.150. The van der Waals surface area contributed by atoms with Crippen molar-refractivity contribution >= 4 is 33.5 Å². The van der Waals surface area contributed by atoms with Gasteiger partial charge in [0.05, 0.1) is 12.5 Å². The first-order valence-corrected chi connectivity index (χ1v) is 6.61. The molecular weight excluding hydrogens is 352 g/mol. The van der Waals surface area contributed by atoms with Crippen LogP contribution in [-0.4, -0.2) is 28.3 Å². The highest BCUT2D eigenvalue weighted by Crippen LogP contribution is 2.55. The summed E-state index contributed by atoms with van der Waals surface area (Å²) in [4.78, 5) is 15.3. The number of ether oxygens (including phenoxy) is 1. The van der Waals surface area contributed by atoms with E-state index in [9.17, 15) is 18.0 Å².